The molecule has 0 bridgehead atoms. The molecule has 1 aliphatic rings. The predicted octanol–water partition coefficient (Wildman–Crippen LogP) is 2.50. The van der Waals surface area contributed by atoms with Crippen molar-refractivity contribution in [3.8, 4) is 11.5 Å². The highest BCUT2D eigenvalue weighted by Gasteiger charge is 2.36. The zero-order valence-corrected chi connectivity index (χ0v) is 17.4. The first-order valence-electron chi connectivity index (χ1n) is 8.28. The number of benzene rings is 1. The van der Waals surface area contributed by atoms with Crippen molar-refractivity contribution >= 4 is 52.5 Å². The van der Waals surface area contributed by atoms with E-state index < -0.39 is 29.6 Å². The summed E-state index contributed by atoms with van der Waals surface area (Å²) in [7, 11) is 2.39. The van der Waals surface area contributed by atoms with Crippen molar-refractivity contribution in [2.45, 2.75) is 6.92 Å². The first-order valence-corrected chi connectivity index (χ1v) is 9.48. The molecule has 1 aromatic carbocycles. The van der Waals surface area contributed by atoms with E-state index >= 15 is 0 Å². The molecule has 9 nitrogen and oxygen atoms in total. The van der Waals surface area contributed by atoms with Crippen LogP contribution in [-0.2, 0) is 23.9 Å². The predicted molar refractivity (Wildman–Crippen MR) is 105 cm³/mol. The van der Waals surface area contributed by atoms with Crippen molar-refractivity contribution in [2.75, 3.05) is 34.0 Å². The van der Waals surface area contributed by atoms with Gasteiger partial charge in [0.1, 0.15) is 6.54 Å². The van der Waals surface area contributed by atoms with E-state index in [1.165, 1.54) is 26.4 Å². The van der Waals surface area contributed by atoms with Gasteiger partial charge in [0.2, 0.25) is 0 Å². The topological polar surface area (TPSA) is 108 Å². The fourth-order valence-corrected chi connectivity index (χ4v) is 3.36. The molecule has 1 saturated heterocycles. The largest absolute Gasteiger partial charge is 0.490 e. The zero-order chi connectivity index (χ0) is 21.6. The highest BCUT2D eigenvalue weighted by Crippen LogP contribution is 2.39. The Morgan fingerprint density at radius 3 is 2.45 bits per heavy atom. The summed E-state index contributed by atoms with van der Waals surface area (Å²) < 4.78 is 19.9. The maximum atomic E-state index is 12.4. The van der Waals surface area contributed by atoms with E-state index in [0.717, 1.165) is 4.90 Å². The third-order valence-electron chi connectivity index (χ3n) is 3.58. The number of hydrogen-bond donors (Lipinski definition) is 0. The normalized spacial score (nSPS) is 14.9. The lowest BCUT2D eigenvalue weighted by atomic mass is 10.1. The molecule has 2 amide bonds. The molecule has 1 heterocycles. The Balaban J connectivity index is 2.30. The van der Waals surface area contributed by atoms with E-state index in [0.29, 0.717) is 23.9 Å². The maximum absolute atomic E-state index is 12.4. The van der Waals surface area contributed by atoms with Crippen LogP contribution in [0.3, 0.4) is 0 Å². The van der Waals surface area contributed by atoms with Gasteiger partial charge in [0.05, 0.1) is 30.8 Å². The zero-order valence-electron chi connectivity index (χ0n) is 15.9. The van der Waals surface area contributed by atoms with Gasteiger partial charge < -0.3 is 18.9 Å². The average Bonchev–Trinajstić information content (AvgIpc) is 2.94. The number of halogens is 1. The molecule has 0 spiro atoms. The minimum atomic E-state index is -0.706. The fourth-order valence-electron chi connectivity index (χ4n) is 2.25. The van der Waals surface area contributed by atoms with Crippen LogP contribution >= 0.6 is 23.4 Å². The number of nitrogens with zero attached hydrogens (tertiary/aromatic N) is 1. The lowest BCUT2D eigenvalue weighted by molar-refractivity contribution is -0.143. The molecule has 11 heteroatoms. The second-order valence-corrected chi connectivity index (χ2v) is 6.87. The molecule has 29 heavy (non-hydrogen) atoms. The van der Waals surface area contributed by atoms with Crippen LogP contribution in [0.15, 0.2) is 17.0 Å². The summed E-state index contributed by atoms with van der Waals surface area (Å²) in [6.07, 6.45) is 1.45. The molecule has 1 fully saturated rings. The van der Waals surface area contributed by atoms with Gasteiger partial charge in [-0.1, -0.05) is 11.6 Å². The summed E-state index contributed by atoms with van der Waals surface area (Å²) in [4.78, 5) is 48.0. The van der Waals surface area contributed by atoms with E-state index in [9.17, 15) is 19.2 Å². The number of hydrogen-bond acceptors (Lipinski definition) is 9. The summed E-state index contributed by atoms with van der Waals surface area (Å²) in [5, 5.41) is -0.444. The molecule has 1 aliphatic heterocycles. The number of methoxy groups -OCH3 is 2. The van der Waals surface area contributed by atoms with Crippen LogP contribution < -0.4 is 9.47 Å². The first kappa shape index (κ1) is 22.6. The highest BCUT2D eigenvalue weighted by molar-refractivity contribution is 8.18. The second-order valence-electron chi connectivity index (χ2n) is 5.47. The summed E-state index contributed by atoms with van der Waals surface area (Å²) in [6, 6.07) is 3.04. The van der Waals surface area contributed by atoms with E-state index in [2.05, 4.69) is 9.47 Å². The number of esters is 2. The molecule has 156 valence electrons. The van der Waals surface area contributed by atoms with E-state index in [-0.39, 0.29) is 28.0 Å². The number of ether oxygens (including phenoxy) is 4. The van der Waals surface area contributed by atoms with Crippen LogP contribution in [0.1, 0.15) is 12.5 Å². The molecule has 0 aliphatic carbocycles. The van der Waals surface area contributed by atoms with Crippen LogP contribution in [0, 0.1) is 0 Å². The molecule has 0 saturated carbocycles. The van der Waals surface area contributed by atoms with Crippen molar-refractivity contribution in [2.24, 2.45) is 0 Å². The lowest BCUT2D eigenvalue weighted by Crippen LogP contribution is -2.34. The number of carbonyl (C=O) groups excluding carboxylic acids is 4. The molecule has 0 atom stereocenters. The average molecular weight is 444 g/mol. The molecule has 2 rings (SSSR count). The van der Waals surface area contributed by atoms with Crippen molar-refractivity contribution in [3.63, 3.8) is 0 Å². The Morgan fingerprint density at radius 2 is 1.83 bits per heavy atom. The molecular weight excluding hydrogens is 426 g/mol. The molecule has 0 unspecified atom stereocenters. The smallest absolute Gasteiger partial charge is 0.343 e. The number of carbonyl (C=O) groups is 4. The van der Waals surface area contributed by atoms with Crippen molar-refractivity contribution in [1.82, 2.24) is 4.90 Å². The van der Waals surface area contributed by atoms with Gasteiger partial charge >= 0.3 is 11.9 Å². The van der Waals surface area contributed by atoms with Gasteiger partial charge in [-0.25, -0.2) is 4.79 Å². The van der Waals surface area contributed by atoms with Gasteiger partial charge in [0, 0.05) is 0 Å². The number of imide groups is 1. The van der Waals surface area contributed by atoms with Gasteiger partial charge in [0.25, 0.3) is 11.1 Å². The van der Waals surface area contributed by atoms with Crippen molar-refractivity contribution < 1.29 is 38.1 Å². The van der Waals surface area contributed by atoms with E-state index in [4.69, 9.17) is 21.1 Å². The van der Waals surface area contributed by atoms with Crippen molar-refractivity contribution in [3.05, 3.63) is 27.6 Å². The van der Waals surface area contributed by atoms with E-state index in [1.54, 1.807) is 13.0 Å². The lowest BCUT2D eigenvalue weighted by Gasteiger charge is -2.14. The molecule has 1 aromatic rings. The van der Waals surface area contributed by atoms with Gasteiger partial charge in [-0.15, -0.1) is 0 Å². The minimum Gasteiger partial charge on any atom is -0.490 e. The second kappa shape index (κ2) is 10.2. The summed E-state index contributed by atoms with van der Waals surface area (Å²) in [6.45, 7) is 1.22. The van der Waals surface area contributed by atoms with Crippen LogP contribution in [0.2, 0.25) is 5.02 Å². The van der Waals surface area contributed by atoms with Gasteiger partial charge in [0.15, 0.2) is 18.1 Å². The van der Waals surface area contributed by atoms with Gasteiger partial charge in [-0.3, -0.25) is 19.3 Å². The van der Waals surface area contributed by atoms with Gasteiger partial charge in [-0.2, -0.15) is 0 Å². The number of amides is 2. The van der Waals surface area contributed by atoms with E-state index in [1.807, 2.05) is 0 Å². The van der Waals surface area contributed by atoms with Gasteiger partial charge in [-0.05, 0) is 42.5 Å². The van der Waals surface area contributed by atoms with Crippen LogP contribution in [0.25, 0.3) is 6.08 Å². The Kier molecular flexibility index (Phi) is 7.91. The molecule has 0 aromatic heterocycles. The monoisotopic (exact) mass is 443 g/mol. The maximum Gasteiger partial charge on any atom is 0.343 e. The summed E-state index contributed by atoms with van der Waals surface area (Å²) in [5.41, 5.74) is 0.465. The number of thioether (sulfide) groups is 1. The first-order chi connectivity index (χ1) is 13.8. The minimum absolute atomic E-state index is 0.112. The highest BCUT2D eigenvalue weighted by atomic mass is 35.5. The Labute approximate surface area is 175 Å². The Hall–Kier alpha value is -2.72. The molecule has 0 radical (unpaired) electrons. The Morgan fingerprint density at radius 1 is 1.14 bits per heavy atom. The summed E-state index contributed by atoms with van der Waals surface area (Å²) in [5.74, 6) is -1.52. The molecular formula is C18H18ClNO8S. The number of rotatable bonds is 8. The van der Waals surface area contributed by atoms with Crippen LogP contribution in [0.4, 0.5) is 4.79 Å². The van der Waals surface area contributed by atoms with Crippen LogP contribution in [0.5, 0.6) is 11.5 Å². The van der Waals surface area contributed by atoms with Crippen LogP contribution in [-0.4, -0.2) is 62.0 Å². The SMILES string of the molecule is CCOc1cc(/C=C2\SC(=O)N(CC(=O)OC)C2=O)cc(Cl)c1OCC(=O)OC. The third kappa shape index (κ3) is 5.64. The third-order valence-corrected chi connectivity index (χ3v) is 4.77. The van der Waals surface area contributed by atoms with Crippen molar-refractivity contribution in [1.29, 1.82) is 0 Å². The Bertz CT molecular complexity index is 870. The quantitative estimate of drug-likeness (QED) is 0.442. The fraction of sp³-hybridized carbons (Fsp3) is 0.333. The standard InChI is InChI=1S/C18H18ClNO8S/c1-4-27-12-6-10(5-11(19)16(12)28-9-15(22)26-3)7-13-17(23)20(18(24)29-13)8-14(21)25-2/h5-7H,4,8-9H2,1-3H3/b13-7-. The summed E-state index contributed by atoms with van der Waals surface area (Å²) >= 11 is 6.94. The molecule has 0 N–H and O–H groups in total.